The predicted octanol–water partition coefficient (Wildman–Crippen LogP) is 2.77. The molecule has 0 radical (unpaired) electrons. The number of nitrogens with one attached hydrogen (secondary N) is 1. The van der Waals surface area contributed by atoms with Crippen LogP contribution >= 0.6 is 0 Å². The van der Waals surface area contributed by atoms with E-state index in [1.807, 2.05) is 5.32 Å². The van der Waals surface area contributed by atoms with E-state index in [9.17, 15) is 31.9 Å². The van der Waals surface area contributed by atoms with Crippen molar-refractivity contribution in [1.82, 2.24) is 5.32 Å². The fourth-order valence-electron chi connectivity index (χ4n) is 3.63. The monoisotopic (exact) mass is 373 g/mol. The van der Waals surface area contributed by atoms with Crippen LogP contribution in [0.3, 0.4) is 0 Å². The Morgan fingerprint density at radius 3 is 2.28 bits per heavy atom. The topological polar surface area (TPSA) is 58.6 Å². The summed E-state index contributed by atoms with van der Waals surface area (Å²) in [4.78, 5) is 12.1. The largest absolute Gasteiger partial charge is 0.469 e. The highest BCUT2D eigenvalue weighted by Crippen LogP contribution is 2.44. The van der Waals surface area contributed by atoms with Crippen LogP contribution in [0, 0.1) is 23.7 Å². The lowest BCUT2D eigenvalue weighted by Gasteiger charge is -2.48. The average molecular weight is 373 g/mol. The summed E-state index contributed by atoms with van der Waals surface area (Å²) in [5.74, 6) is -5.51. The number of carbonyl (C=O) groups is 1. The van der Waals surface area contributed by atoms with Crippen molar-refractivity contribution in [3.8, 4) is 0 Å². The number of hydrogen-bond donors (Lipinski definition) is 2. The molecule has 1 heterocycles. The van der Waals surface area contributed by atoms with Crippen molar-refractivity contribution >= 4 is 5.97 Å². The maximum atomic E-state index is 13.5. The van der Waals surface area contributed by atoms with Gasteiger partial charge in [0.25, 0.3) is 6.43 Å². The molecule has 1 fully saturated rings. The summed E-state index contributed by atoms with van der Waals surface area (Å²) in [6.45, 7) is 6.74. The fraction of sp³-hybridized carbons (Fsp3) is 0.812. The first-order chi connectivity index (χ1) is 11.4. The summed E-state index contributed by atoms with van der Waals surface area (Å²) in [5, 5.41) is 12.0. The Morgan fingerprint density at radius 1 is 1.36 bits per heavy atom. The minimum Gasteiger partial charge on any atom is -0.469 e. The summed E-state index contributed by atoms with van der Waals surface area (Å²) in [7, 11) is 0.945. The number of ether oxygens (including phenoxy) is 1. The molecule has 0 aromatic rings. The third-order valence-corrected chi connectivity index (χ3v) is 4.58. The Hall–Kier alpha value is -1.22. The van der Waals surface area contributed by atoms with Gasteiger partial charge in [0, 0.05) is 5.92 Å². The Morgan fingerprint density at radius 2 is 1.92 bits per heavy atom. The number of carbonyl (C=O) groups excluding carboxylic acids is 1. The summed E-state index contributed by atoms with van der Waals surface area (Å²) < 4.78 is 71.8. The molecule has 0 aromatic heterocycles. The molecule has 9 heteroatoms. The second kappa shape index (κ2) is 8.44. The molecule has 6 atom stereocenters. The molecule has 0 amide bonds. The van der Waals surface area contributed by atoms with Crippen LogP contribution in [-0.2, 0) is 9.53 Å². The van der Waals surface area contributed by atoms with Gasteiger partial charge < -0.3 is 9.84 Å². The number of piperidine rings is 1. The number of methoxy groups -OCH3 is 1. The molecule has 1 aliphatic heterocycles. The molecule has 0 aromatic carbocycles. The molecule has 0 spiro atoms. The highest BCUT2D eigenvalue weighted by Gasteiger charge is 2.59. The normalized spacial score (nSPS) is 31.9. The number of esters is 1. The molecule has 0 aliphatic carbocycles. The van der Waals surface area contributed by atoms with Gasteiger partial charge in [-0.1, -0.05) is 19.9 Å². The fourth-order valence-corrected chi connectivity index (χ4v) is 3.63. The van der Waals surface area contributed by atoms with E-state index >= 15 is 0 Å². The Bertz CT molecular complexity index is 469. The molecular formula is C16H24F5NO3. The summed E-state index contributed by atoms with van der Waals surface area (Å²) in [6.07, 6.45) is -8.52. The first kappa shape index (κ1) is 21.8. The van der Waals surface area contributed by atoms with E-state index in [1.54, 1.807) is 13.8 Å². The van der Waals surface area contributed by atoms with Crippen LogP contribution in [0.15, 0.2) is 12.7 Å². The number of hydrogen-bond acceptors (Lipinski definition) is 4. The first-order valence-corrected chi connectivity index (χ1v) is 7.95. The second-order valence-corrected chi connectivity index (χ2v) is 6.69. The minimum atomic E-state index is -4.93. The van der Waals surface area contributed by atoms with Crippen LogP contribution in [0.1, 0.15) is 20.3 Å². The van der Waals surface area contributed by atoms with Crippen molar-refractivity contribution in [3.05, 3.63) is 12.7 Å². The Balaban J connectivity index is 3.48. The summed E-state index contributed by atoms with van der Waals surface area (Å²) >= 11 is 0. The molecule has 146 valence electrons. The van der Waals surface area contributed by atoms with Crippen LogP contribution < -0.4 is 5.32 Å². The van der Waals surface area contributed by atoms with Crippen molar-refractivity contribution in [2.24, 2.45) is 23.7 Å². The third kappa shape index (κ3) is 4.91. The van der Waals surface area contributed by atoms with Crippen molar-refractivity contribution in [1.29, 1.82) is 0 Å². The summed E-state index contributed by atoms with van der Waals surface area (Å²) in [5.41, 5.74) is 0. The molecule has 6 unspecified atom stereocenters. The molecule has 0 saturated carbocycles. The van der Waals surface area contributed by atoms with Crippen molar-refractivity contribution in [2.75, 3.05) is 7.11 Å². The smallest absolute Gasteiger partial charge is 0.404 e. The quantitative estimate of drug-likeness (QED) is 0.427. The number of aliphatic hydroxyl groups is 1. The van der Waals surface area contributed by atoms with Gasteiger partial charge in [-0.25, -0.2) is 8.78 Å². The Labute approximate surface area is 143 Å². The van der Waals surface area contributed by atoms with Crippen LogP contribution in [-0.4, -0.2) is 49.0 Å². The molecule has 0 bridgehead atoms. The van der Waals surface area contributed by atoms with E-state index in [0.717, 1.165) is 13.2 Å². The zero-order chi connectivity index (χ0) is 19.5. The first-order valence-electron chi connectivity index (χ1n) is 7.95. The van der Waals surface area contributed by atoms with Crippen LogP contribution in [0.4, 0.5) is 22.0 Å². The Kier molecular flexibility index (Phi) is 7.37. The van der Waals surface area contributed by atoms with E-state index < -0.39 is 54.5 Å². The van der Waals surface area contributed by atoms with Gasteiger partial charge in [-0.15, -0.1) is 6.58 Å². The molecule has 2 N–H and O–H groups in total. The van der Waals surface area contributed by atoms with Gasteiger partial charge >= 0.3 is 12.1 Å². The minimum absolute atomic E-state index is 0.0484. The van der Waals surface area contributed by atoms with Crippen LogP contribution in [0.2, 0.25) is 0 Å². The van der Waals surface area contributed by atoms with Gasteiger partial charge in [-0.2, -0.15) is 13.2 Å². The second-order valence-electron chi connectivity index (χ2n) is 6.69. The lowest BCUT2D eigenvalue weighted by atomic mass is 9.65. The van der Waals surface area contributed by atoms with Crippen LogP contribution in [0.5, 0.6) is 0 Å². The van der Waals surface area contributed by atoms with E-state index in [0.29, 0.717) is 0 Å². The average Bonchev–Trinajstić information content (AvgIpc) is 2.50. The van der Waals surface area contributed by atoms with Crippen molar-refractivity contribution < 1.29 is 36.6 Å². The van der Waals surface area contributed by atoms with Gasteiger partial charge in [0.05, 0.1) is 25.2 Å². The van der Waals surface area contributed by atoms with Gasteiger partial charge in [0.1, 0.15) is 6.04 Å². The van der Waals surface area contributed by atoms with Gasteiger partial charge in [0.15, 0.2) is 0 Å². The van der Waals surface area contributed by atoms with E-state index in [4.69, 9.17) is 0 Å². The number of halogens is 5. The van der Waals surface area contributed by atoms with Crippen LogP contribution in [0.25, 0.3) is 0 Å². The van der Waals surface area contributed by atoms with Gasteiger partial charge in [0.2, 0.25) is 0 Å². The number of alkyl halides is 5. The van der Waals surface area contributed by atoms with Gasteiger partial charge in [-0.05, 0) is 18.3 Å². The van der Waals surface area contributed by atoms with Gasteiger partial charge in [-0.3, -0.25) is 10.1 Å². The van der Waals surface area contributed by atoms with Crippen molar-refractivity contribution in [2.45, 2.75) is 51.1 Å². The predicted molar refractivity (Wildman–Crippen MR) is 80.9 cm³/mol. The molecule has 1 saturated heterocycles. The SMILES string of the molecule is C=CC(O)C1C(CC(C)C)C(C(=O)OC)C(C(F)(F)F)NC1C(F)F. The van der Waals surface area contributed by atoms with Crippen molar-refractivity contribution in [3.63, 3.8) is 0 Å². The molecule has 4 nitrogen and oxygen atoms in total. The summed E-state index contributed by atoms with van der Waals surface area (Å²) in [6, 6.07) is -4.40. The highest BCUT2D eigenvalue weighted by atomic mass is 19.4. The number of rotatable bonds is 6. The highest BCUT2D eigenvalue weighted by molar-refractivity contribution is 5.74. The maximum Gasteiger partial charge on any atom is 0.404 e. The maximum absolute atomic E-state index is 13.5. The zero-order valence-electron chi connectivity index (χ0n) is 14.3. The molecule has 1 aliphatic rings. The van der Waals surface area contributed by atoms with E-state index in [2.05, 4.69) is 11.3 Å². The molecule has 1 rings (SSSR count). The van der Waals surface area contributed by atoms with E-state index in [1.165, 1.54) is 0 Å². The van der Waals surface area contributed by atoms with E-state index in [-0.39, 0.29) is 12.3 Å². The standard InChI is InChI=1S/C16H24F5NO3/c1-5-9(23)10-8(6-7(2)3)11(15(24)25-4)13(16(19,20)21)22-12(10)14(17)18/h5,7-14,22-23H,1,6H2,2-4H3. The zero-order valence-corrected chi connectivity index (χ0v) is 14.3. The molecule has 25 heavy (non-hydrogen) atoms. The third-order valence-electron chi connectivity index (χ3n) is 4.58. The molecular weight excluding hydrogens is 349 g/mol. The number of aliphatic hydroxyl groups excluding tert-OH is 1. The lowest BCUT2D eigenvalue weighted by Crippen LogP contribution is -2.67. The lowest BCUT2D eigenvalue weighted by molar-refractivity contribution is -0.207.